The molecule has 0 fully saturated rings. The van der Waals surface area contributed by atoms with Crippen molar-refractivity contribution in [2.45, 2.75) is 13.8 Å². The molecule has 4 rings (SSSR count). The minimum atomic E-state index is -0.824. The van der Waals surface area contributed by atoms with Gasteiger partial charge in [0.15, 0.2) is 0 Å². The average Bonchev–Trinajstić information content (AvgIpc) is 3.28. The van der Waals surface area contributed by atoms with E-state index >= 15 is 0 Å². The van der Waals surface area contributed by atoms with Crippen molar-refractivity contribution in [2.75, 3.05) is 28.7 Å². The van der Waals surface area contributed by atoms with Gasteiger partial charge in [0.05, 0.1) is 23.4 Å². The average molecular weight is 570 g/mol. The molecule has 0 aliphatic carbocycles. The molecular weight excluding hydrogens is 550 g/mol. The van der Waals surface area contributed by atoms with E-state index in [0.29, 0.717) is 21.4 Å². The number of ether oxygens (including phenoxy) is 1. The van der Waals surface area contributed by atoms with E-state index in [2.05, 4.69) is 26.6 Å². The summed E-state index contributed by atoms with van der Waals surface area (Å²) in [6.07, 6.45) is 0. The van der Waals surface area contributed by atoms with Gasteiger partial charge in [-0.3, -0.25) is 24.1 Å². The largest absolute Gasteiger partial charge is 0.462 e. The molecule has 36 heavy (non-hydrogen) atoms. The predicted molar refractivity (Wildman–Crippen MR) is 139 cm³/mol. The van der Waals surface area contributed by atoms with Crippen LogP contribution in [0.3, 0.4) is 0 Å². The normalized spacial score (nSPS) is 12.4. The predicted octanol–water partition coefficient (Wildman–Crippen LogP) is 4.42. The first-order valence-electron chi connectivity index (χ1n) is 10.8. The number of thiophene rings is 1. The number of carbonyl (C=O) groups is 5. The van der Waals surface area contributed by atoms with Crippen molar-refractivity contribution in [1.29, 1.82) is 0 Å². The molecule has 0 radical (unpaired) electrons. The van der Waals surface area contributed by atoms with Crippen LogP contribution in [0.5, 0.6) is 0 Å². The van der Waals surface area contributed by atoms with Gasteiger partial charge in [0.2, 0.25) is 5.91 Å². The molecule has 2 heterocycles. The molecule has 11 heteroatoms. The minimum Gasteiger partial charge on any atom is -0.462 e. The summed E-state index contributed by atoms with van der Waals surface area (Å²) in [6.45, 7) is 2.95. The van der Waals surface area contributed by atoms with E-state index in [9.17, 15) is 24.0 Å². The Morgan fingerprint density at radius 1 is 1.06 bits per heavy atom. The second kappa shape index (κ2) is 10.4. The number of hydrogen-bond donors (Lipinski definition) is 2. The molecule has 184 valence electrons. The van der Waals surface area contributed by atoms with E-state index in [1.54, 1.807) is 56.3 Å². The number of anilines is 3. The number of amides is 3. The first-order valence-corrected chi connectivity index (χ1v) is 12.4. The maximum Gasteiger partial charge on any atom is 0.348 e. The van der Waals surface area contributed by atoms with Gasteiger partial charge in [-0.05, 0) is 49.7 Å². The Hall–Kier alpha value is -3.83. The van der Waals surface area contributed by atoms with Crippen LogP contribution in [0, 0.1) is 6.92 Å². The number of hydrogen-bond acceptors (Lipinski definition) is 7. The zero-order valence-electron chi connectivity index (χ0n) is 19.2. The number of benzene rings is 2. The van der Waals surface area contributed by atoms with Gasteiger partial charge in [-0.1, -0.05) is 34.1 Å². The number of nitrogens with one attached hydrogen (secondary N) is 2. The molecule has 1 aliphatic rings. The fourth-order valence-corrected chi connectivity index (χ4v) is 5.20. The number of carbonyl (C=O) groups excluding carboxylic acids is 5. The summed E-state index contributed by atoms with van der Waals surface area (Å²) in [5.74, 6) is -3.32. The molecule has 0 saturated heterocycles. The first kappa shape index (κ1) is 25.3. The summed E-state index contributed by atoms with van der Waals surface area (Å²) in [7, 11) is 0. The van der Waals surface area contributed by atoms with Crippen LogP contribution in [0.15, 0.2) is 53.0 Å². The smallest absolute Gasteiger partial charge is 0.348 e. The van der Waals surface area contributed by atoms with E-state index in [1.165, 1.54) is 6.07 Å². The molecule has 1 aromatic heterocycles. The monoisotopic (exact) mass is 569 g/mol. The van der Waals surface area contributed by atoms with Gasteiger partial charge in [0, 0.05) is 10.2 Å². The van der Waals surface area contributed by atoms with Gasteiger partial charge in [0.25, 0.3) is 17.6 Å². The highest BCUT2D eigenvalue weighted by Crippen LogP contribution is 2.35. The van der Waals surface area contributed by atoms with Gasteiger partial charge in [-0.2, -0.15) is 0 Å². The topological polar surface area (TPSA) is 122 Å². The molecule has 3 amide bonds. The Kier molecular flexibility index (Phi) is 7.32. The van der Waals surface area contributed by atoms with Crippen LogP contribution >= 0.6 is 27.3 Å². The third-order valence-corrected chi connectivity index (χ3v) is 7.03. The van der Waals surface area contributed by atoms with Crippen LogP contribution in [0.1, 0.15) is 42.9 Å². The van der Waals surface area contributed by atoms with Crippen LogP contribution < -0.4 is 15.5 Å². The van der Waals surface area contributed by atoms with Crippen LogP contribution in [0.4, 0.5) is 16.4 Å². The summed E-state index contributed by atoms with van der Waals surface area (Å²) in [4.78, 5) is 64.7. The lowest BCUT2D eigenvalue weighted by atomic mass is 10.1. The number of nitrogens with zero attached hydrogens (tertiary/aromatic N) is 1. The summed E-state index contributed by atoms with van der Waals surface area (Å²) < 4.78 is 5.72. The molecule has 3 aromatic rings. The minimum absolute atomic E-state index is 0.105. The molecule has 0 bridgehead atoms. The Bertz CT molecular complexity index is 1400. The lowest BCUT2D eigenvalue weighted by Crippen LogP contribution is -2.37. The van der Waals surface area contributed by atoms with Crippen molar-refractivity contribution < 1.29 is 28.7 Å². The Morgan fingerprint density at radius 3 is 2.47 bits per heavy atom. The summed E-state index contributed by atoms with van der Waals surface area (Å²) in [5, 5.41) is 5.52. The Morgan fingerprint density at radius 2 is 1.78 bits per heavy atom. The Labute approximate surface area is 218 Å². The maximum atomic E-state index is 13.1. The second-order valence-electron chi connectivity index (χ2n) is 7.73. The number of Topliss-reactive ketones (excluding diaryl/α,β-unsaturated/α-hetero) is 1. The molecule has 0 saturated carbocycles. The van der Waals surface area contributed by atoms with Crippen LogP contribution in [0.25, 0.3) is 0 Å². The zero-order valence-corrected chi connectivity index (χ0v) is 21.6. The fourth-order valence-electron chi connectivity index (χ4n) is 3.72. The highest BCUT2D eigenvalue weighted by Gasteiger charge is 2.37. The Balaban J connectivity index is 1.62. The quantitative estimate of drug-likeness (QED) is 0.321. The lowest BCUT2D eigenvalue weighted by Gasteiger charge is -2.16. The number of esters is 1. The van der Waals surface area contributed by atoms with Crippen molar-refractivity contribution in [3.8, 4) is 0 Å². The highest BCUT2D eigenvalue weighted by molar-refractivity contribution is 9.10. The number of rotatable bonds is 7. The van der Waals surface area contributed by atoms with Gasteiger partial charge in [-0.25, -0.2) is 4.79 Å². The van der Waals surface area contributed by atoms with Crippen LogP contribution in [-0.4, -0.2) is 42.6 Å². The van der Waals surface area contributed by atoms with E-state index in [4.69, 9.17) is 4.74 Å². The molecule has 2 N–H and O–H groups in total. The molecule has 0 spiro atoms. The molecule has 9 nitrogen and oxygen atoms in total. The summed E-state index contributed by atoms with van der Waals surface area (Å²) in [6, 6.07) is 13.5. The molecular formula is C25H20BrN3O6S. The van der Waals surface area contributed by atoms with E-state index < -0.39 is 36.0 Å². The second-order valence-corrected chi connectivity index (χ2v) is 9.67. The standard InChI is InChI=1S/C25H20BrN3O6S/c1-3-35-25(34)21-13(2)19(22(32)27-15-7-5-4-6-8-15)23(36-21)28-18(30)12-29-17-10-9-14(26)11-16(17)20(31)24(29)33/h4-11H,3,12H2,1-2H3,(H,27,32)(H,28,30). The SMILES string of the molecule is CCOC(=O)c1sc(NC(=O)CN2C(=O)C(=O)c3cc(Br)ccc32)c(C(=O)Nc2ccccc2)c1C. The molecule has 0 unspecified atom stereocenters. The van der Waals surface area contributed by atoms with Crippen LogP contribution in [-0.2, 0) is 14.3 Å². The summed E-state index contributed by atoms with van der Waals surface area (Å²) in [5.41, 5.74) is 1.51. The third kappa shape index (κ3) is 4.93. The van der Waals surface area contributed by atoms with Gasteiger partial charge < -0.3 is 15.4 Å². The van der Waals surface area contributed by atoms with Crippen molar-refractivity contribution in [3.63, 3.8) is 0 Å². The third-order valence-electron chi connectivity index (χ3n) is 5.35. The highest BCUT2D eigenvalue weighted by atomic mass is 79.9. The van der Waals surface area contributed by atoms with Gasteiger partial charge in [-0.15, -0.1) is 11.3 Å². The maximum absolute atomic E-state index is 13.1. The summed E-state index contributed by atoms with van der Waals surface area (Å²) >= 11 is 4.17. The van der Waals surface area contributed by atoms with E-state index in [0.717, 1.165) is 16.2 Å². The number of fused-ring (bicyclic) bond motifs is 1. The number of para-hydroxylation sites is 1. The molecule has 2 aromatic carbocycles. The molecule has 0 atom stereocenters. The van der Waals surface area contributed by atoms with Crippen molar-refractivity contribution in [2.24, 2.45) is 0 Å². The van der Waals surface area contributed by atoms with Crippen molar-refractivity contribution in [3.05, 3.63) is 74.6 Å². The lowest BCUT2D eigenvalue weighted by molar-refractivity contribution is -0.118. The zero-order chi connectivity index (χ0) is 26.0. The number of ketones is 1. The van der Waals surface area contributed by atoms with E-state index in [1.807, 2.05) is 0 Å². The van der Waals surface area contributed by atoms with Crippen molar-refractivity contribution >= 4 is 73.1 Å². The fraction of sp³-hybridized carbons (Fsp3) is 0.160. The number of halogens is 1. The molecule has 1 aliphatic heterocycles. The van der Waals surface area contributed by atoms with Crippen molar-refractivity contribution in [1.82, 2.24) is 0 Å². The van der Waals surface area contributed by atoms with Gasteiger partial charge in [0.1, 0.15) is 16.4 Å². The van der Waals surface area contributed by atoms with E-state index in [-0.39, 0.29) is 27.6 Å². The first-order chi connectivity index (χ1) is 17.2. The van der Waals surface area contributed by atoms with Gasteiger partial charge >= 0.3 is 5.97 Å². The van der Waals surface area contributed by atoms with Crippen LogP contribution in [0.2, 0.25) is 0 Å².